The number of benzene rings is 9. The molecule has 68 heavy (non-hydrogen) atoms. The van der Waals surface area contributed by atoms with Gasteiger partial charge in [-0.05, 0) is 88.3 Å². The number of nitrogens with one attached hydrogen (secondary N) is 1. The molecule has 0 saturated carbocycles. The molecule has 0 aliphatic heterocycles. The van der Waals surface area contributed by atoms with Crippen molar-refractivity contribution < 1.29 is 4.42 Å². The second-order valence-corrected chi connectivity index (χ2v) is 17.6. The highest BCUT2D eigenvalue weighted by Gasteiger charge is 2.42. The number of amidine groups is 2. The largest absolute Gasteiger partial charge is 0.456 e. The summed E-state index contributed by atoms with van der Waals surface area (Å²) < 4.78 is 9.32. The van der Waals surface area contributed by atoms with E-state index in [1.54, 1.807) is 0 Å². The van der Waals surface area contributed by atoms with E-state index in [4.69, 9.17) is 9.41 Å². The lowest BCUT2D eigenvalue weighted by molar-refractivity contribution is 0.311. The second-order valence-electron chi connectivity index (χ2n) is 17.6. The maximum absolute atomic E-state index is 9.67. The van der Waals surface area contributed by atoms with Crippen molar-refractivity contribution in [3.8, 4) is 22.3 Å². The van der Waals surface area contributed by atoms with Gasteiger partial charge in [0, 0.05) is 47.3 Å². The summed E-state index contributed by atoms with van der Waals surface area (Å²) in [6, 6.07) is 81.0. The van der Waals surface area contributed by atoms with Crippen LogP contribution >= 0.6 is 0 Å². The van der Waals surface area contributed by atoms with Crippen LogP contribution in [0.1, 0.15) is 29.2 Å². The molecule has 0 fully saturated rings. The molecule has 1 N–H and O–H groups in total. The molecule has 1 unspecified atom stereocenters. The van der Waals surface area contributed by atoms with Crippen LogP contribution in [0.3, 0.4) is 0 Å². The van der Waals surface area contributed by atoms with E-state index in [-0.39, 0.29) is 5.84 Å². The number of para-hydroxylation sites is 2. The summed E-state index contributed by atoms with van der Waals surface area (Å²) in [7, 11) is 2.16. The molecule has 0 bridgehead atoms. The van der Waals surface area contributed by atoms with Gasteiger partial charge in [0.25, 0.3) is 0 Å². The molecule has 0 aliphatic carbocycles. The number of hydrogen-bond acceptors (Lipinski definition) is 2. The van der Waals surface area contributed by atoms with Gasteiger partial charge >= 0.3 is 0 Å². The summed E-state index contributed by atoms with van der Waals surface area (Å²) in [4.78, 5) is 7.71. The van der Waals surface area contributed by atoms with Crippen LogP contribution in [0.15, 0.2) is 246 Å². The topological polar surface area (TPSA) is 57.5 Å². The fraction of sp³-hybridized carbons (Fsp3) is 0.0794. The molecule has 5 heteroatoms. The third-order valence-corrected chi connectivity index (χ3v) is 13.3. The third-order valence-electron chi connectivity index (χ3n) is 13.3. The minimum atomic E-state index is -0.810. The van der Waals surface area contributed by atoms with E-state index in [9.17, 15) is 5.41 Å². The van der Waals surface area contributed by atoms with E-state index in [1.165, 1.54) is 16.5 Å². The van der Waals surface area contributed by atoms with Crippen molar-refractivity contribution in [1.29, 1.82) is 5.41 Å². The summed E-state index contributed by atoms with van der Waals surface area (Å²) in [6.07, 6.45) is 2.95. The zero-order valence-corrected chi connectivity index (χ0v) is 38.2. The van der Waals surface area contributed by atoms with Crippen LogP contribution in [0.5, 0.6) is 0 Å². The van der Waals surface area contributed by atoms with Crippen molar-refractivity contribution in [1.82, 2.24) is 9.47 Å². The average Bonchev–Trinajstić information content (AvgIpc) is 3.95. The molecule has 5 nitrogen and oxygen atoms in total. The number of hydrogen-bond donors (Lipinski definition) is 1. The first-order valence-electron chi connectivity index (χ1n) is 23.3. The normalized spacial score (nSPS) is 13.0. The van der Waals surface area contributed by atoms with Crippen LogP contribution in [0, 0.1) is 5.41 Å². The second kappa shape index (κ2) is 18.0. The van der Waals surface area contributed by atoms with E-state index in [0.717, 1.165) is 77.3 Å². The Hall–Kier alpha value is -8.54. The number of furan rings is 1. The van der Waals surface area contributed by atoms with E-state index in [1.807, 2.05) is 36.4 Å². The summed E-state index contributed by atoms with van der Waals surface area (Å²) in [5, 5.41) is 14.2. The Morgan fingerprint density at radius 1 is 0.544 bits per heavy atom. The molecule has 0 radical (unpaired) electrons. The first kappa shape index (κ1) is 42.1. The van der Waals surface area contributed by atoms with Gasteiger partial charge in [0.15, 0.2) is 5.84 Å². The highest BCUT2D eigenvalue weighted by Crippen LogP contribution is 2.48. The number of likely N-dealkylation sites (N-methyl/N-ethyl adjacent to an activating group) is 1. The molecule has 0 spiro atoms. The summed E-state index contributed by atoms with van der Waals surface area (Å²) in [6.45, 7) is 2.64. The monoisotopic (exact) mass is 878 g/mol. The van der Waals surface area contributed by atoms with Crippen molar-refractivity contribution >= 4 is 61.0 Å². The Labute approximate surface area is 397 Å². The molecule has 0 saturated heterocycles. The van der Waals surface area contributed by atoms with Crippen molar-refractivity contribution in [2.45, 2.75) is 18.9 Å². The number of aromatic nitrogens is 1. The van der Waals surface area contributed by atoms with E-state index >= 15 is 0 Å². The van der Waals surface area contributed by atoms with Gasteiger partial charge in [-0.3, -0.25) is 5.41 Å². The highest BCUT2D eigenvalue weighted by molar-refractivity contribution is 6.24. The number of aliphatic imine (C=N–C) groups is 1. The fourth-order valence-electron chi connectivity index (χ4n) is 10.4. The van der Waals surface area contributed by atoms with E-state index < -0.39 is 5.54 Å². The quantitative estimate of drug-likeness (QED) is 0.104. The van der Waals surface area contributed by atoms with Crippen LogP contribution in [0.2, 0.25) is 0 Å². The van der Waals surface area contributed by atoms with Gasteiger partial charge in [0.1, 0.15) is 17.0 Å². The Balaban J connectivity index is 1.24. The molecule has 1 atom stereocenters. The van der Waals surface area contributed by atoms with Crippen molar-refractivity contribution in [3.05, 3.63) is 259 Å². The number of nitrogens with zero attached hydrogens (tertiary/aromatic N) is 3. The Kier molecular flexibility index (Phi) is 11.2. The molecule has 9 aromatic carbocycles. The van der Waals surface area contributed by atoms with Gasteiger partial charge in [0.05, 0.1) is 22.0 Å². The molecule has 328 valence electrons. The first-order valence-corrected chi connectivity index (χ1v) is 23.3. The lowest BCUT2D eigenvalue weighted by atomic mass is 9.78. The zero-order valence-electron chi connectivity index (χ0n) is 38.2. The van der Waals surface area contributed by atoms with Gasteiger partial charge in [-0.1, -0.05) is 194 Å². The van der Waals surface area contributed by atoms with Gasteiger partial charge in [-0.2, -0.15) is 0 Å². The first-order chi connectivity index (χ1) is 33.5. The number of fused-ring (bicyclic) bond motifs is 7. The molecule has 0 amide bonds. The highest BCUT2D eigenvalue weighted by atomic mass is 16.3. The van der Waals surface area contributed by atoms with Crippen molar-refractivity contribution in [2.24, 2.45) is 4.99 Å². The minimum absolute atomic E-state index is 0.185. The average molecular weight is 879 g/mol. The van der Waals surface area contributed by atoms with Crippen molar-refractivity contribution in [3.63, 3.8) is 0 Å². The van der Waals surface area contributed by atoms with Gasteiger partial charge in [0.2, 0.25) is 0 Å². The molecular weight excluding hydrogens is 829 g/mol. The molecule has 2 aromatic heterocycles. The van der Waals surface area contributed by atoms with E-state index in [2.05, 4.69) is 224 Å². The third kappa shape index (κ3) is 7.68. The lowest BCUT2D eigenvalue weighted by Gasteiger charge is -2.43. The Morgan fingerprint density at radius 2 is 1.09 bits per heavy atom. The lowest BCUT2D eigenvalue weighted by Crippen LogP contribution is -2.48. The van der Waals surface area contributed by atoms with Gasteiger partial charge in [-0.15, -0.1) is 0 Å². The smallest absolute Gasteiger partial charge is 0.154 e. The summed E-state index contributed by atoms with van der Waals surface area (Å²) in [5.41, 5.74) is 12.6. The van der Waals surface area contributed by atoms with Crippen LogP contribution in [0.25, 0.3) is 71.6 Å². The molecule has 11 rings (SSSR count). The molecule has 2 heterocycles. The summed E-state index contributed by atoms with van der Waals surface area (Å²) >= 11 is 0. The SMILES string of the molecule is C/C=C(/c1ccccc1)C(Cc1ccccc1)(CN(C)C(=NC(=N)c1ccccc1)c1cc(-c2ccccc2)cc(-c2ccccc2)c1)n1c2ccccc2c2ccc3oc4ccccc4c3c21. The number of allylic oxidation sites excluding steroid dienone is 1. The van der Waals surface area contributed by atoms with Crippen molar-refractivity contribution in [2.75, 3.05) is 13.6 Å². The standard InChI is InChI=1S/C63H50N4O/c1-3-55(47-29-15-7-16-30-47)63(42-44-23-9-4-10-24-44,67-56-35-21-19-33-52(56)53-37-38-58-59(60(53)67)54-34-20-22-36-57(54)68-58)43-66(2)62(65-61(64)48-31-17-8-18-32-48)51-40-49(45-25-11-5-12-26-45)39-50(41-51)46-27-13-6-14-28-46/h3-41,64H,42-43H2,1-2H3/b55-3-,64-61?,65-62?. The minimum Gasteiger partial charge on any atom is -0.456 e. The van der Waals surface area contributed by atoms with Gasteiger partial charge < -0.3 is 13.9 Å². The maximum atomic E-state index is 9.67. The van der Waals surface area contributed by atoms with Crippen LogP contribution in [-0.4, -0.2) is 34.7 Å². The Bertz CT molecular complexity index is 3590. The fourth-order valence-corrected chi connectivity index (χ4v) is 10.4. The molecule has 11 aromatic rings. The van der Waals surface area contributed by atoms with Gasteiger partial charge in [-0.25, -0.2) is 4.99 Å². The van der Waals surface area contributed by atoms with Crippen LogP contribution in [0.4, 0.5) is 0 Å². The summed E-state index contributed by atoms with van der Waals surface area (Å²) in [5.74, 6) is 0.875. The maximum Gasteiger partial charge on any atom is 0.154 e. The predicted molar refractivity (Wildman–Crippen MR) is 285 cm³/mol. The van der Waals surface area contributed by atoms with Crippen LogP contribution in [-0.2, 0) is 12.0 Å². The molecule has 0 aliphatic rings. The van der Waals surface area contributed by atoms with E-state index in [0.29, 0.717) is 18.8 Å². The zero-order chi connectivity index (χ0) is 46.0. The molecular formula is C63H50N4O. The number of rotatable bonds is 11. The Morgan fingerprint density at radius 3 is 1.72 bits per heavy atom. The van der Waals surface area contributed by atoms with Crippen LogP contribution < -0.4 is 0 Å². The predicted octanol–water partition coefficient (Wildman–Crippen LogP) is 15.5.